The molecule has 0 saturated carbocycles. The van der Waals surface area contributed by atoms with E-state index in [1.54, 1.807) is 11.0 Å². The number of hydrogen-bond acceptors (Lipinski definition) is 2. The molecule has 1 aliphatic heterocycles. The first-order valence-corrected chi connectivity index (χ1v) is 5.55. The lowest BCUT2D eigenvalue weighted by Gasteiger charge is -2.14. The van der Waals surface area contributed by atoms with Crippen LogP contribution < -0.4 is 10.1 Å². The monoisotopic (exact) mass is 240 g/mol. The van der Waals surface area contributed by atoms with E-state index >= 15 is 0 Å². The van der Waals surface area contributed by atoms with Crippen LogP contribution in [-0.4, -0.2) is 37.2 Å². The van der Waals surface area contributed by atoms with E-state index in [0.717, 1.165) is 6.54 Å². The van der Waals surface area contributed by atoms with Crippen LogP contribution in [0.3, 0.4) is 0 Å². The maximum Gasteiger partial charge on any atom is 0.317 e. The highest BCUT2D eigenvalue weighted by Crippen LogP contribution is 2.22. The van der Waals surface area contributed by atoms with Gasteiger partial charge in [-0.15, -0.1) is 0 Å². The minimum absolute atomic E-state index is 0.0252. The zero-order chi connectivity index (χ0) is 11.4. The van der Waals surface area contributed by atoms with Gasteiger partial charge >= 0.3 is 6.03 Å². The normalized spacial score (nSPS) is 15.1. The molecule has 86 valence electrons. The van der Waals surface area contributed by atoms with Crippen molar-refractivity contribution in [2.24, 2.45) is 0 Å². The van der Waals surface area contributed by atoms with Gasteiger partial charge in [0.25, 0.3) is 0 Å². The van der Waals surface area contributed by atoms with Crippen LogP contribution in [0.4, 0.5) is 4.79 Å². The fourth-order valence-corrected chi connectivity index (χ4v) is 1.74. The molecule has 2 rings (SSSR count). The van der Waals surface area contributed by atoms with E-state index in [9.17, 15) is 4.79 Å². The number of rotatable bonds is 4. The molecule has 0 unspecified atom stereocenters. The Balaban J connectivity index is 1.80. The standard InChI is InChI=1S/C11H13ClN2O2/c12-9-3-1-2-4-10(9)16-8-7-14-6-5-13-11(14)15/h1-4H,5-8H2,(H,13,15). The highest BCUT2D eigenvalue weighted by atomic mass is 35.5. The highest BCUT2D eigenvalue weighted by Gasteiger charge is 2.18. The van der Waals surface area contributed by atoms with Crippen LogP contribution in [-0.2, 0) is 0 Å². The van der Waals surface area contributed by atoms with Crippen LogP contribution in [0.1, 0.15) is 0 Å². The molecule has 1 fully saturated rings. The minimum Gasteiger partial charge on any atom is -0.490 e. The van der Waals surface area contributed by atoms with E-state index < -0.39 is 0 Å². The summed E-state index contributed by atoms with van der Waals surface area (Å²) in [7, 11) is 0. The summed E-state index contributed by atoms with van der Waals surface area (Å²) < 4.78 is 5.49. The number of nitrogens with zero attached hydrogens (tertiary/aromatic N) is 1. The third kappa shape index (κ3) is 2.58. The van der Waals surface area contributed by atoms with E-state index in [1.165, 1.54) is 0 Å². The number of amides is 2. The van der Waals surface area contributed by atoms with Crippen molar-refractivity contribution in [2.75, 3.05) is 26.2 Å². The number of carbonyl (C=O) groups excluding carboxylic acids is 1. The smallest absolute Gasteiger partial charge is 0.317 e. The second-order valence-electron chi connectivity index (χ2n) is 3.50. The van der Waals surface area contributed by atoms with Crippen LogP contribution in [0.25, 0.3) is 0 Å². The molecule has 16 heavy (non-hydrogen) atoms. The Morgan fingerprint density at radius 3 is 2.94 bits per heavy atom. The molecule has 0 spiro atoms. The quantitative estimate of drug-likeness (QED) is 0.871. The summed E-state index contributed by atoms with van der Waals surface area (Å²) in [6.07, 6.45) is 0. The number of para-hydroxylation sites is 1. The Bertz CT molecular complexity index is 384. The molecule has 1 saturated heterocycles. The van der Waals surface area contributed by atoms with Gasteiger partial charge in [0.1, 0.15) is 12.4 Å². The van der Waals surface area contributed by atoms with Gasteiger partial charge in [0.2, 0.25) is 0 Å². The zero-order valence-corrected chi connectivity index (χ0v) is 9.54. The Hall–Kier alpha value is -1.42. The van der Waals surface area contributed by atoms with Gasteiger partial charge in [-0.25, -0.2) is 4.79 Å². The molecule has 2 amide bonds. The summed E-state index contributed by atoms with van der Waals surface area (Å²) in [5.74, 6) is 0.656. The van der Waals surface area contributed by atoms with Crippen molar-refractivity contribution in [3.8, 4) is 5.75 Å². The molecule has 1 aromatic carbocycles. The third-order valence-electron chi connectivity index (χ3n) is 2.40. The van der Waals surface area contributed by atoms with Gasteiger partial charge in [-0.05, 0) is 12.1 Å². The number of benzene rings is 1. The molecule has 0 atom stereocenters. The number of ether oxygens (including phenoxy) is 1. The first kappa shape index (κ1) is 11.1. The van der Waals surface area contributed by atoms with Crippen LogP contribution in [0.2, 0.25) is 5.02 Å². The summed E-state index contributed by atoms with van der Waals surface area (Å²) in [6.45, 7) is 2.49. The van der Waals surface area contributed by atoms with Crippen molar-refractivity contribution < 1.29 is 9.53 Å². The van der Waals surface area contributed by atoms with Crippen LogP contribution in [0.15, 0.2) is 24.3 Å². The first-order valence-electron chi connectivity index (χ1n) is 5.17. The molecule has 0 aromatic heterocycles. The Kier molecular flexibility index (Phi) is 3.51. The number of carbonyl (C=O) groups is 1. The van der Waals surface area contributed by atoms with Gasteiger partial charge in [-0.3, -0.25) is 0 Å². The minimum atomic E-state index is -0.0252. The van der Waals surface area contributed by atoms with Crippen molar-refractivity contribution in [1.82, 2.24) is 10.2 Å². The Morgan fingerprint density at radius 1 is 1.44 bits per heavy atom. The molecule has 5 heteroatoms. The molecule has 0 aliphatic carbocycles. The summed E-state index contributed by atoms with van der Waals surface area (Å²) >= 11 is 5.93. The lowest BCUT2D eigenvalue weighted by Crippen LogP contribution is -2.31. The molecule has 0 bridgehead atoms. The lowest BCUT2D eigenvalue weighted by molar-refractivity contribution is 0.202. The molecule has 4 nitrogen and oxygen atoms in total. The number of urea groups is 1. The topological polar surface area (TPSA) is 41.6 Å². The molecular formula is C11H13ClN2O2. The van der Waals surface area contributed by atoms with Gasteiger partial charge in [-0.2, -0.15) is 0 Å². The van der Waals surface area contributed by atoms with E-state index in [2.05, 4.69) is 5.32 Å². The van der Waals surface area contributed by atoms with Crippen LogP contribution >= 0.6 is 11.6 Å². The average molecular weight is 241 g/mol. The Morgan fingerprint density at radius 2 is 2.25 bits per heavy atom. The van der Waals surface area contributed by atoms with Gasteiger partial charge < -0.3 is 15.0 Å². The van der Waals surface area contributed by atoms with E-state index in [4.69, 9.17) is 16.3 Å². The summed E-state index contributed by atoms with van der Waals surface area (Å²) in [4.78, 5) is 12.9. The molecular weight excluding hydrogens is 228 g/mol. The molecule has 1 heterocycles. The van der Waals surface area contributed by atoms with Crippen molar-refractivity contribution in [3.63, 3.8) is 0 Å². The van der Waals surface area contributed by atoms with Gasteiger partial charge in [-0.1, -0.05) is 23.7 Å². The largest absolute Gasteiger partial charge is 0.490 e. The number of nitrogens with one attached hydrogen (secondary N) is 1. The maximum atomic E-state index is 11.2. The van der Waals surface area contributed by atoms with Gasteiger partial charge in [0.05, 0.1) is 11.6 Å². The van der Waals surface area contributed by atoms with Gasteiger partial charge in [0, 0.05) is 13.1 Å². The highest BCUT2D eigenvalue weighted by molar-refractivity contribution is 6.32. The maximum absolute atomic E-state index is 11.2. The molecule has 1 aromatic rings. The second kappa shape index (κ2) is 5.07. The summed E-state index contributed by atoms with van der Waals surface area (Å²) in [6, 6.07) is 7.28. The van der Waals surface area contributed by atoms with E-state index in [0.29, 0.717) is 30.5 Å². The van der Waals surface area contributed by atoms with Gasteiger partial charge in [0.15, 0.2) is 0 Å². The fourth-order valence-electron chi connectivity index (χ4n) is 1.55. The fraction of sp³-hybridized carbons (Fsp3) is 0.364. The van der Waals surface area contributed by atoms with Crippen molar-refractivity contribution in [2.45, 2.75) is 0 Å². The van der Waals surface area contributed by atoms with Crippen molar-refractivity contribution >= 4 is 17.6 Å². The molecule has 0 radical (unpaired) electrons. The predicted octanol–water partition coefficient (Wildman–Crippen LogP) is 1.74. The molecule has 1 N–H and O–H groups in total. The first-order chi connectivity index (χ1) is 7.77. The van der Waals surface area contributed by atoms with E-state index in [1.807, 2.05) is 18.2 Å². The number of hydrogen-bond donors (Lipinski definition) is 1. The van der Waals surface area contributed by atoms with Crippen molar-refractivity contribution in [1.29, 1.82) is 0 Å². The zero-order valence-electron chi connectivity index (χ0n) is 8.78. The number of halogens is 1. The van der Waals surface area contributed by atoms with Crippen LogP contribution in [0.5, 0.6) is 5.75 Å². The lowest BCUT2D eigenvalue weighted by atomic mass is 10.3. The Labute approximate surface area is 99.1 Å². The third-order valence-corrected chi connectivity index (χ3v) is 2.71. The summed E-state index contributed by atoms with van der Waals surface area (Å²) in [5, 5.41) is 3.33. The SMILES string of the molecule is O=C1NCCN1CCOc1ccccc1Cl. The van der Waals surface area contributed by atoms with Crippen LogP contribution in [0, 0.1) is 0 Å². The molecule has 1 aliphatic rings. The summed E-state index contributed by atoms with van der Waals surface area (Å²) in [5.41, 5.74) is 0. The van der Waals surface area contributed by atoms with Crippen molar-refractivity contribution in [3.05, 3.63) is 29.3 Å². The predicted molar refractivity (Wildman–Crippen MR) is 61.9 cm³/mol. The second-order valence-corrected chi connectivity index (χ2v) is 3.91. The van der Waals surface area contributed by atoms with E-state index in [-0.39, 0.29) is 6.03 Å². The average Bonchev–Trinajstić information content (AvgIpc) is 2.67.